The van der Waals surface area contributed by atoms with Crippen molar-refractivity contribution in [2.75, 3.05) is 10.0 Å². The van der Waals surface area contributed by atoms with Crippen molar-refractivity contribution in [3.63, 3.8) is 0 Å². The van der Waals surface area contributed by atoms with E-state index in [4.69, 9.17) is 0 Å². The zero-order valence-electron chi connectivity index (χ0n) is 18.0. The first kappa shape index (κ1) is 24.1. The predicted octanol–water partition coefficient (Wildman–Crippen LogP) is 4.98. The van der Waals surface area contributed by atoms with Crippen molar-refractivity contribution in [2.24, 2.45) is 0 Å². The zero-order chi connectivity index (χ0) is 24.2. The lowest BCUT2D eigenvalue weighted by Gasteiger charge is -2.10. The molecule has 0 fully saturated rings. The van der Waals surface area contributed by atoms with Crippen molar-refractivity contribution in [3.8, 4) is 0 Å². The van der Waals surface area contributed by atoms with Crippen LogP contribution in [-0.2, 0) is 14.8 Å². The minimum Gasteiger partial charge on any atom is -0.326 e. The van der Waals surface area contributed by atoms with Crippen LogP contribution in [0.25, 0.3) is 0 Å². The summed E-state index contributed by atoms with van der Waals surface area (Å²) in [5.74, 6) is -2.89. The van der Waals surface area contributed by atoms with Gasteiger partial charge in [0.1, 0.15) is 0 Å². The summed E-state index contributed by atoms with van der Waals surface area (Å²) in [7, 11) is -4.12. The van der Waals surface area contributed by atoms with E-state index in [0.29, 0.717) is 17.3 Å². The van der Waals surface area contributed by atoms with Gasteiger partial charge in [0.05, 0.1) is 4.90 Å². The van der Waals surface area contributed by atoms with E-state index >= 15 is 0 Å². The van der Waals surface area contributed by atoms with Gasteiger partial charge in [0.15, 0.2) is 17.4 Å². The Hall–Kier alpha value is -3.59. The van der Waals surface area contributed by atoms with E-state index in [2.05, 4.69) is 10.0 Å². The van der Waals surface area contributed by atoms with Crippen LogP contribution in [0.1, 0.15) is 34.3 Å². The standard InChI is InChI=1S/C24H22F2N2O4S/c1-15-3-4-16(2)20(13-15)23(29)11-12-24(30)27-17-5-7-18(8-6-17)28-33(31,32)19-9-10-21(25)22(26)14-19/h3-10,13-14,28H,11-12H2,1-2H3,(H,27,30). The van der Waals surface area contributed by atoms with Crippen molar-refractivity contribution < 1.29 is 26.8 Å². The van der Waals surface area contributed by atoms with Crippen molar-refractivity contribution in [2.45, 2.75) is 31.6 Å². The SMILES string of the molecule is Cc1ccc(C)c(C(=O)CCC(=O)Nc2ccc(NS(=O)(=O)c3ccc(F)c(F)c3)cc2)c1. The Morgan fingerprint density at radius 3 is 2.15 bits per heavy atom. The maximum absolute atomic E-state index is 13.3. The summed E-state index contributed by atoms with van der Waals surface area (Å²) in [5.41, 5.74) is 3.00. The number of carbonyl (C=O) groups is 2. The minimum atomic E-state index is -4.12. The molecule has 0 saturated heterocycles. The molecular weight excluding hydrogens is 450 g/mol. The highest BCUT2D eigenvalue weighted by molar-refractivity contribution is 7.92. The molecule has 1 amide bonds. The van der Waals surface area contributed by atoms with Crippen LogP contribution in [0.4, 0.5) is 20.2 Å². The van der Waals surface area contributed by atoms with Gasteiger partial charge in [-0.2, -0.15) is 0 Å². The van der Waals surface area contributed by atoms with Gasteiger partial charge in [0.25, 0.3) is 10.0 Å². The van der Waals surface area contributed by atoms with Gasteiger partial charge in [0, 0.05) is 29.8 Å². The molecule has 0 radical (unpaired) electrons. The number of rotatable bonds is 8. The Labute approximate surface area is 190 Å². The molecule has 0 aliphatic carbocycles. The first-order valence-electron chi connectivity index (χ1n) is 10.0. The normalized spacial score (nSPS) is 11.2. The monoisotopic (exact) mass is 472 g/mol. The van der Waals surface area contributed by atoms with Crippen molar-refractivity contribution >= 4 is 33.1 Å². The first-order chi connectivity index (χ1) is 15.5. The number of anilines is 2. The Kier molecular flexibility index (Phi) is 7.23. The second-order valence-electron chi connectivity index (χ2n) is 7.55. The lowest BCUT2D eigenvalue weighted by atomic mass is 9.99. The van der Waals surface area contributed by atoms with E-state index in [-0.39, 0.29) is 30.2 Å². The van der Waals surface area contributed by atoms with Gasteiger partial charge in [-0.25, -0.2) is 17.2 Å². The highest BCUT2D eigenvalue weighted by Gasteiger charge is 2.17. The fraction of sp³-hybridized carbons (Fsp3) is 0.167. The van der Waals surface area contributed by atoms with E-state index in [1.807, 2.05) is 26.0 Å². The number of hydrogen-bond acceptors (Lipinski definition) is 4. The number of aryl methyl sites for hydroxylation is 2. The Morgan fingerprint density at radius 2 is 1.48 bits per heavy atom. The molecule has 0 saturated carbocycles. The summed E-state index contributed by atoms with van der Waals surface area (Å²) >= 11 is 0. The Bertz CT molecular complexity index is 1310. The number of halogens is 2. The Balaban J connectivity index is 1.57. The van der Waals surface area contributed by atoms with Crippen LogP contribution in [0.15, 0.2) is 65.6 Å². The summed E-state index contributed by atoms with van der Waals surface area (Å²) in [5, 5.41) is 2.65. The number of carbonyl (C=O) groups excluding carboxylic acids is 2. The van der Waals surface area contributed by atoms with Gasteiger partial charge in [0.2, 0.25) is 5.91 Å². The van der Waals surface area contributed by atoms with Gasteiger partial charge in [-0.3, -0.25) is 14.3 Å². The van der Waals surface area contributed by atoms with Gasteiger partial charge < -0.3 is 5.32 Å². The predicted molar refractivity (Wildman–Crippen MR) is 122 cm³/mol. The molecule has 0 spiro atoms. The van der Waals surface area contributed by atoms with Gasteiger partial charge in [-0.15, -0.1) is 0 Å². The van der Waals surface area contributed by atoms with Crippen LogP contribution >= 0.6 is 0 Å². The van der Waals surface area contributed by atoms with E-state index in [0.717, 1.165) is 23.3 Å². The molecule has 0 heterocycles. The fourth-order valence-corrected chi connectivity index (χ4v) is 4.17. The molecule has 33 heavy (non-hydrogen) atoms. The molecule has 9 heteroatoms. The molecule has 2 N–H and O–H groups in total. The number of sulfonamides is 1. The quantitative estimate of drug-likeness (QED) is 0.452. The Morgan fingerprint density at radius 1 is 0.818 bits per heavy atom. The average Bonchev–Trinajstić information content (AvgIpc) is 2.76. The van der Waals surface area contributed by atoms with Crippen LogP contribution in [0, 0.1) is 25.5 Å². The molecular formula is C24H22F2N2O4S. The second kappa shape index (κ2) is 9.91. The number of benzene rings is 3. The molecule has 0 atom stereocenters. The maximum atomic E-state index is 13.3. The molecule has 0 aliphatic heterocycles. The summed E-state index contributed by atoms with van der Waals surface area (Å²) in [6.45, 7) is 3.74. The summed E-state index contributed by atoms with van der Waals surface area (Å²) in [6.07, 6.45) is 0.0545. The van der Waals surface area contributed by atoms with E-state index in [9.17, 15) is 26.8 Å². The van der Waals surface area contributed by atoms with Crippen LogP contribution < -0.4 is 10.0 Å². The molecule has 172 valence electrons. The summed E-state index contributed by atoms with van der Waals surface area (Å²) in [6, 6.07) is 13.6. The highest BCUT2D eigenvalue weighted by Crippen LogP contribution is 2.20. The fourth-order valence-electron chi connectivity index (χ4n) is 3.10. The molecule has 3 aromatic rings. The van der Waals surface area contributed by atoms with Crippen LogP contribution in [-0.4, -0.2) is 20.1 Å². The topological polar surface area (TPSA) is 92.3 Å². The van der Waals surface area contributed by atoms with Crippen molar-refractivity contribution in [1.82, 2.24) is 0 Å². The first-order valence-corrected chi connectivity index (χ1v) is 11.5. The third-order valence-electron chi connectivity index (χ3n) is 4.89. The summed E-state index contributed by atoms with van der Waals surface area (Å²) < 4.78 is 53.3. The van der Waals surface area contributed by atoms with Crippen LogP contribution in [0.3, 0.4) is 0 Å². The third-order valence-corrected chi connectivity index (χ3v) is 6.27. The smallest absolute Gasteiger partial charge is 0.261 e. The van der Waals surface area contributed by atoms with Gasteiger partial charge in [-0.05, 0) is 67.9 Å². The summed E-state index contributed by atoms with van der Waals surface area (Å²) in [4.78, 5) is 24.2. The number of amides is 1. The van der Waals surface area contributed by atoms with Gasteiger partial charge >= 0.3 is 0 Å². The zero-order valence-corrected chi connectivity index (χ0v) is 18.8. The van der Waals surface area contributed by atoms with Crippen molar-refractivity contribution in [3.05, 3.63) is 89.0 Å². The number of hydrogen-bond donors (Lipinski definition) is 2. The molecule has 3 rings (SSSR count). The average molecular weight is 473 g/mol. The second-order valence-corrected chi connectivity index (χ2v) is 9.23. The van der Waals surface area contributed by atoms with E-state index in [1.165, 1.54) is 24.3 Å². The minimum absolute atomic E-state index is 0.00325. The number of Topliss-reactive ketones (excluding diaryl/α,β-unsaturated/α-hetero) is 1. The van der Waals surface area contributed by atoms with Crippen molar-refractivity contribution in [1.29, 1.82) is 0 Å². The molecule has 3 aromatic carbocycles. The molecule has 0 bridgehead atoms. The maximum Gasteiger partial charge on any atom is 0.261 e. The van der Waals surface area contributed by atoms with Crippen LogP contribution in [0.5, 0.6) is 0 Å². The molecule has 6 nitrogen and oxygen atoms in total. The third kappa shape index (κ3) is 6.23. The van der Waals surface area contributed by atoms with Gasteiger partial charge in [-0.1, -0.05) is 17.7 Å². The number of ketones is 1. The lowest BCUT2D eigenvalue weighted by Crippen LogP contribution is -2.15. The van der Waals surface area contributed by atoms with E-state index in [1.54, 1.807) is 6.07 Å². The molecule has 0 unspecified atom stereocenters. The molecule has 0 aromatic heterocycles. The lowest BCUT2D eigenvalue weighted by molar-refractivity contribution is -0.116. The van der Waals surface area contributed by atoms with E-state index < -0.39 is 26.6 Å². The number of nitrogens with one attached hydrogen (secondary N) is 2. The van der Waals surface area contributed by atoms with Crippen LogP contribution in [0.2, 0.25) is 0 Å². The molecule has 0 aliphatic rings. The highest BCUT2D eigenvalue weighted by atomic mass is 32.2. The largest absolute Gasteiger partial charge is 0.326 e.